The van der Waals surface area contributed by atoms with Crippen molar-refractivity contribution < 1.29 is 14.3 Å². The van der Waals surface area contributed by atoms with Gasteiger partial charge in [0.15, 0.2) is 5.13 Å². The Labute approximate surface area is 122 Å². The minimum Gasteiger partial charge on any atom is -0.466 e. The summed E-state index contributed by atoms with van der Waals surface area (Å²) in [6.07, 6.45) is 0.943. The minimum absolute atomic E-state index is 0.106. The summed E-state index contributed by atoms with van der Waals surface area (Å²) in [5, 5.41) is 4.85. The third-order valence-electron chi connectivity index (χ3n) is 2.97. The number of nitrogens with two attached hydrogens (primary N) is 1. The smallest absolute Gasteiger partial charge is 0.311 e. The number of ether oxygens (including phenoxy) is 1. The molecule has 112 valence electrons. The highest BCUT2D eigenvalue weighted by Crippen LogP contribution is 2.17. The first-order chi connectivity index (χ1) is 9.47. The molecule has 20 heavy (non-hydrogen) atoms. The van der Waals surface area contributed by atoms with Gasteiger partial charge in [-0.05, 0) is 12.8 Å². The molecule has 0 fully saturated rings. The van der Waals surface area contributed by atoms with Crippen molar-refractivity contribution in [3.63, 3.8) is 0 Å². The van der Waals surface area contributed by atoms with E-state index in [1.165, 1.54) is 11.3 Å². The van der Waals surface area contributed by atoms with Crippen LogP contribution < -0.4 is 11.1 Å². The van der Waals surface area contributed by atoms with Gasteiger partial charge in [-0.15, -0.1) is 11.3 Å². The molecule has 1 rings (SSSR count). The summed E-state index contributed by atoms with van der Waals surface area (Å²) in [6, 6.07) is -0.558. The van der Waals surface area contributed by atoms with Crippen LogP contribution >= 0.6 is 11.3 Å². The molecule has 7 heteroatoms. The topological polar surface area (TPSA) is 94.3 Å². The second kappa shape index (κ2) is 7.96. The minimum atomic E-state index is -0.558. The van der Waals surface area contributed by atoms with Gasteiger partial charge >= 0.3 is 5.97 Å². The summed E-state index contributed by atoms with van der Waals surface area (Å²) in [6.45, 7) is 6.01. The average molecular weight is 299 g/mol. The molecule has 0 radical (unpaired) electrons. The fourth-order valence-corrected chi connectivity index (χ4v) is 2.22. The molecule has 2 unspecified atom stereocenters. The average Bonchev–Trinajstić information content (AvgIpc) is 2.84. The number of hydrogen-bond donors (Lipinski definition) is 2. The van der Waals surface area contributed by atoms with Crippen LogP contribution in [0.25, 0.3) is 0 Å². The van der Waals surface area contributed by atoms with Crippen LogP contribution in [0.1, 0.15) is 32.9 Å². The standard InChI is InChI=1S/C13H21N3O3S/c1-4-8(3)11(14)12(18)16-13-15-9(7-20-13)6-10(17)19-5-2/h7-8,11H,4-6,14H2,1-3H3,(H,15,16,18). The summed E-state index contributed by atoms with van der Waals surface area (Å²) in [4.78, 5) is 27.4. The van der Waals surface area contributed by atoms with Gasteiger partial charge in [0, 0.05) is 5.38 Å². The van der Waals surface area contributed by atoms with E-state index in [4.69, 9.17) is 10.5 Å². The monoisotopic (exact) mass is 299 g/mol. The molecule has 0 bridgehead atoms. The SMILES string of the molecule is CCOC(=O)Cc1csc(NC(=O)C(N)C(C)CC)n1. The Kier molecular flexibility index (Phi) is 6.60. The third kappa shape index (κ3) is 4.90. The molecule has 1 aromatic heterocycles. The lowest BCUT2D eigenvalue weighted by atomic mass is 10.00. The molecular weight excluding hydrogens is 278 g/mol. The van der Waals surface area contributed by atoms with Crippen molar-refractivity contribution in [2.75, 3.05) is 11.9 Å². The van der Waals surface area contributed by atoms with Gasteiger partial charge in [0.1, 0.15) is 0 Å². The van der Waals surface area contributed by atoms with E-state index in [-0.39, 0.29) is 24.2 Å². The van der Waals surface area contributed by atoms with Crippen LogP contribution in [-0.4, -0.2) is 29.5 Å². The summed E-state index contributed by atoms with van der Waals surface area (Å²) in [7, 11) is 0. The molecule has 1 aromatic rings. The number of amides is 1. The molecule has 0 aliphatic rings. The molecule has 0 aromatic carbocycles. The Bertz CT molecular complexity index is 461. The maximum Gasteiger partial charge on any atom is 0.311 e. The van der Waals surface area contributed by atoms with Crippen LogP contribution in [-0.2, 0) is 20.7 Å². The highest BCUT2D eigenvalue weighted by atomic mass is 32.1. The zero-order valence-electron chi connectivity index (χ0n) is 12.0. The Balaban J connectivity index is 2.55. The number of carbonyl (C=O) groups excluding carboxylic acids is 2. The maximum absolute atomic E-state index is 11.9. The number of nitrogens with one attached hydrogen (secondary N) is 1. The van der Waals surface area contributed by atoms with E-state index in [1.807, 2.05) is 13.8 Å². The number of anilines is 1. The number of rotatable bonds is 7. The molecule has 6 nitrogen and oxygen atoms in total. The molecule has 0 saturated heterocycles. The third-order valence-corrected chi connectivity index (χ3v) is 3.78. The normalized spacial score (nSPS) is 13.6. The van der Waals surface area contributed by atoms with E-state index in [1.54, 1.807) is 12.3 Å². The van der Waals surface area contributed by atoms with E-state index in [0.29, 0.717) is 17.4 Å². The van der Waals surface area contributed by atoms with Crippen molar-refractivity contribution in [3.05, 3.63) is 11.1 Å². The van der Waals surface area contributed by atoms with E-state index in [0.717, 1.165) is 6.42 Å². The quantitative estimate of drug-likeness (QED) is 0.745. The molecule has 0 aliphatic carbocycles. The summed E-state index contributed by atoms with van der Waals surface area (Å²) in [5.41, 5.74) is 6.42. The van der Waals surface area contributed by atoms with Crippen molar-refractivity contribution in [2.45, 2.75) is 39.7 Å². The lowest BCUT2D eigenvalue weighted by molar-refractivity contribution is -0.142. The van der Waals surface area contributed by atoms with Crippen molar-refractivity contribution in [3.8, 4) is 0 Å². The fraction of sp³-hybridized carbons (Fsp3) is 0.615. The molecule has 0 spiro atoms. The van der Waals surface area contributed by atoms with Crippen LogP contribution in [0.15, 0.2) is 5.38 Å². The lowest BCUT2D eigenvalue weighted by Crippen LogP contribution is -2.40. The van der Waals surface area contributed by atoms with Crippen LogP contribution in [0.3, 0.4) is 0 Å². The Morgan fingerprint density at radius 1 is 1.50 bits per heavy atom. The Morgan fingerprint density at radius 3 is 2.80 bits per heavy atom. The van der Waals surface area contributed by atoms with E-state index in [9.17, 15) is 9.59 Å². The summed E-state index contributed by atoms with van der Waals surface area (Å²) >= 11 is 1.27. The summed E-state index contributed by atoms with van der Waals surface area (Å²) < 4.78 is 4.84. The van der Waals surface area contributed by atoms with Gasteiger partial charge in [-0.1, -0.05) is 20.3 Å². The van der Waals surface area contributed by atoms with Crippen LogP contribution in [0.5, 0.6) is 0 Å². The number of esters is 1. The molecule has 3 N–H and O–H groups in total. The number of nitrogens with zero attached hydrogens (tertiary/aromatic N) is 1. The van der Waals surface area contributed by atoms with Gasteiger partial charge in [0.2, 0.25) is 5.91 Å². The number of aromatic nitrogens is 1. The van der Waals surface area contributed by atoms with Gasteiger partial charge in [-0.3, -0.25) is 9.59 Å². The number of hydrogen-bond acceptors (Lipinski definition) is 6. The van der Waals surface area contributed by atoms with Gasteiger partial charge in [0.05, 0.1) is 24.8 Å². The van der Waals surface area contributed by atoms with Gasteiger partial charge < -0.3 is 15.8 Å². The molecule has 1 heterocycles. The first-order valence-corrected chi connectivity index (χ1v) is 7.52. The van der Waals surface area contributed by atoms with Crippen LogP contribution in [0, 0.1) is 5.92 Å². The Morgan fingerprint density at radius 2 is 2.20 bits per heavy atom. The van der Waals surface area contributed by atoms with E-state index < -0.39 is 6.04 Å². The largest absolute Gasteiger partial charge is 0.466 e. The van der Waals surface area contributed by atoms with Crippen LogP contribution in [0.4, 0.5) is 5.13 Å². The fourth-order valence-electron chi connectivity index (χ4n) is 1.51. The summed E-state index contributed by atoms with van der Waals surface area (Å²) in [5.74, 6) is -0.475. The first kappa shape index (κ1) is 16.6. The zero-order chi connectivity index (χ0) is 15.1. The molecule has 2 atom stereocenters. The second-order valence-corrected chi connectivity index (χ2v) is 5.38. The highest BCUT2D eigenvalue weighted by molar-refractivity contribution is 7.13. The number of thiazole rings is 1. The van der Waals surface area contributed by atoms with Crippen LogP contribution in [0.2, 0.25) is 0 Å². The second-order valence-electron chi connectivity index (χ2n) is 4.53. The van der Waals surface area contributed by atoms with Gasteiger partial charge in [-0.25, -0.2) is 4.98 Å². The number of carbonyl (C=O) groups is 2. The predicted molar refractivity (Wildman–Crippen MR) is 78.5 cm³/mol. The lowest BCUT2D eigenvalue weighted by Gasteiger charge is -2.16. The van der Waals surface area contributed by atoms with Crippen molar-refractivity contribution in [2.24, 2.45) is 11.7 Å². The zero-order valence-corrected chi connectivity index (χ0v) is 12.8. The van der Waals surface area contributed by atoms with Crippen molar-refractivity contribution in [1.82, 2.24) is 4.98 Å². The van der Waals surface area contributed by atoms with Gasteiger partial charge in [0.25, 0.3) is 0 Å². The van der Waals surface area contributed by atoms with E-state index in [2.05, 4.69) is 10.3 Å². The molecule has 1 amide bonds. The first-order valence-electron chi connectivity index (χ1n) is 6.64. The van der Waals surface area contributed by atoms with Crippen molar-refractivity contribution in [1.29, 1.82) is 0 Å². The Hall–Kier alpha value is -1.47. The molecule has 0 saturated carbocycles. The maximum atomic E-state index is 11.9. The highest BCUT2D eigenvalue weighted by Gasteiger charge is 2.20. The predicted octanol–water partition coefficient (Wildman–Crippen LogP) is 1.56. The van der Waals surface area contributed by atoms with E-state index >= 15 is 0 Å². The van der Waals surface area contributed by atoms with Gasteiger partial charge in [-0.2, -0.15) is 0 Å². The molecular formula is C13H21N3O3S. The van der Waals surface area contributed by atoms with Crippen molar-refractivity contribution >= 4 is 28.3 Å². The molecule has 0 aliphatic heterocycles.